The lowest BCUT2D eigenvalue weighted by Gasteiger charge is -2.72. The lowest BCUT2D eigenvalue weighted by Crippen LogP contribution is -2.68. The van der Waals surface area contributed by atoms with E-state index >= 15 is 0 Å². The molecule has 12 nitrogen and oxygen atoms in total. The maximum absolute atomic E-state index is 13.7. The molecule has 0 aliphatic heterocycles. The molecule has 1 aromatic heterocycles. The van der Waals surface area contributed by atoms with Crippen LogP contribution in [0.5, 0.6) is 0 Å². The van der Waals surface area contributed by atoms with E-state index in [4.69, 9.17) is 14.2 Å². The predicted octanol–water partition coefficient (Wildman–Crippen LogP) is 8.83. The monoisotopic (exact) mass is 823 g/mol. The highest BCUT2D eigenvalue weighted by Crippen LogP contribution is 2.76. The number of benzene rings is 2. The van der Waals surface area contributed by atoms with Crippen LogP contribution in [0.25, 0.3) is 10.8 Å². The van der Waals surface area contributed by atoms with Crippen molar-refractivity contribution in [1.29, 1.82) is 0 Å². The van der Waals surface area contributed by atoms with Crippen LogP contribution in [0.2, 0.25) is 0 Å². The average molecular weight is 824 g/mol. The number of carboxylic acid groups (broad SMARTS) is 1. The summed E-state index contributed by atoms with van der Waals surface area (Å²) >= 11 is 0. The molecule has 322 valence electrons. The number of allylic oxidation sites excluding steroid dienone is 2. The van der Waals surface area contributed by atoms with Gasteiger partial charge in [-0.05, 0) is 114 Å². The zero-order chi connectivity index (χ0) is 43.0. The number of ether oxygens (including phenoxy) is 3. The second kappa shape index (κ2) is 14.8. The van der Waals surface area contributed by atoms with Crippen LogP contribution < -0.4 is 0 Å². The Balaban J connectivity index is 0.945. The number of aromatic nitrogens is 3. The summed E-state index contributed by atoms with van der Waals surface area (Å²) in [7, 11) is 0. The average Bonchev–Trinajstić information content (AvgIpc) is 3.64. The van der Waals surface area contributed by atoms with Crippen LogP contribution in [-0.4, -0.2) is 55.1 Å². The summed E-state index contributed by atoms with van der Waals surface area (Å²) in [4.78, 5) is 51.7. The van der Waals surface area contributed by atoms with Crippen molar-refractivity contribution < 1.29 is 43.6 Å². The van der Waals surface area contributed by atoms with E-state index in [-0.39, 0.29) is 65.9 Å². The first-order valence-electron chi connectivity index (χ1n) is 21.9. The molecule has 12 heteroatoms. The Morgan fingerprint density at radius 2 is 1.62 bits per heavy atom. The molecule has 0 spiro atoms. The first kappa shape index (κ1) is 42.1. The molecule has 4 saturated carbocycles. The quantitative estimate of drug-likeness (QED) is 0.0733. The van der Waals surface area contributed by atoms with Gasteiger partial charge in [-0.25, -0.2) is 14.3 Å². The Labute approximate surface area is 352 Å². The Bertz CT molecular complexity index is 2240. The molecule has 10 atom stereocenters. The Morgan fingerprint density at radius 1 is 0.867 bits per heavy atom. The normalized spacial score (nSPS) is 36.7. The molecule has 2 aromatic carbocycles. The third-order valence-corrected chi connectivity index (χ3v) is 17.5. The highest BCUT2D eigenvalue weighted by Gasteiger charge is 2.72. The molecular formula is C48H61N3O9. The molecule has 60 heavy (non-hydrogen) atoms. The molecule has 0 saturated heterocycles. The van der Waals surface area contributed by atoms with Gasteiger partial charge in [-0.1, -0.05) is 108 Å². The molecule has 1 heterocycles. The summed E-state index contributed by atoms with van der Waals surface area (Å²) in [5.41, 5.74) is 0.475. The highest BCUT2D eigenvalue weighted by atomic mass is 16.7. The number of rotatable bonds is 8. The van der Waals surface area contributed by atoms with Gasteiger partial charge in [-0.15, -0.1) is 5.10 Å². The number of carbonyl (C=O) groups excluding carboxylic acids is 3. The van der Waals surface area contributed by atoms with Crippen molar-refractivity contribution in [1.82, 2.24) is 15.0 Å². The van der Waals surface area contributed by atoms with Crippen LogP contribution in [0, 0.1) is 56.7 Å². The standard InChI is InChI=1S/C48H61N3O9/c1-29-17-20-47(41(54)59-42(55)56)23-22-45(6)35(40(47)30(29)2)15-16-37-44(5)21-24-48(57,43(3,4)36(44)18-19-46(37,45)7)60-39(53)27-51-26-33(49-50-51)28-58-38(52)25-32-13-10-12-31-11-8-9-14-34(31)32/h8-15,26,29-30,36-37,40,57H,16-25,27-28H2,1-7H3,(H,55,56)/t29-,30+,36?,37-,40+,44+,45-,46-,47+,48?/m1/s1. The molecule has 3 aromatic rings. The number of hydrogen-bond acceptors (Lipinski definition) is 10. The molecule has 4 fully saturated rings. The van der Waals surface area contributed by atoms with E-state index in [1.807, 2.05) is 56.3 Å². The summed E-state index contributed by atoms with van der Waals surface area (Å²) in [6.07, 6.45) is 8.96. The summed E-state index contributed by atoms with van der Waals surface area (Å²) in [5.74, 6) is -2.48. The summed E-state index contributed by atoms with van der Waals surface area (Å²) in [6.45, 7) is 15.4. The van der Waals surface area contributed by atoms with Crippen LogP contribution in [0.15, 0.2) is 60.3 Å². The maximum Gasteiger partial charge on any atom is 0.513 e. The Morgan fingerprint density at radius 3 is 2.38 bits per heavy atom. The minimum absolute atomic E-state index is 0.0524. The van der Waals surface area contributed by atoms with Gasteiger partial charge in [0, 0.05) is 11.8 Å². The van der Waals surface area contributed by atoms with E-state index in [1.165, 1.54) is 10.3 Å². The van der Waals surface area contributed by atoms with Gasteiger partial charge in [0.1, 0.15) is 18.8 Å². The first-order chi connectivity index (χ1) is 28.3. The van der Waals surface area contributed by atoms with Crippen molar-refractivity contribution in [2.75, 3.05) is 0 Å². The van der Waals surface area contributed by atoms with Crippen molar-refractivity contribution >= 4 is 34.8 Å². The topological polar surface area (TPSA) is 167 Å². The molecule has 0 amide bonds. The zero-order valence-electron chi connectivity index (χ0n) is 36.2. The van der Waals surface area contributed by atoms with Crippen LogP contribution in [0.1, 0.15) is 118 Å². The van der Waals surface area contributed by atoms with Gasteiger partial charge in [0.2, 0.25) is 5.79 Å². The van der Waals surface area contributed by atoms with Gasteiger partial charge in [-0.3, -0.25) is 9.59 Å². The SMILES string of the molecule is C[C@H]1[C@H](C)CC[C@]2(C(=O)OC(=O)O)CC[C@]3(C)C(=CC[C@@H]4[C@@]5(C)CCC(O)(OC(=O)Cn6cc(COC(=O)Cc7cccc8ccccc78)nn6)C(C)(C)C5CC[C@]43C)[C@H]12. The molecule has 8 rings (SSSR count). The van der Waals surface area contributed by atoms with Gasteiger partial charge < -0.3 is 24.4 Å². The van der Waals surface area contributed by atoms with Crippen molar-refractivity contribution in [3.8, 4) is 0 Å². The molecule has 5 aliphatic rings. The van der Waals surface area contributed by atoms with Crippen molar-refractivity contribution in [2.45, 2.75) is 132 Å². The fourth-order valence-corrected chi connectivity index (χ4v) is 13.8. The lowest BCUT2D eigenvalue weighted by atomic mass is 9.33. The predicted molar refractivity (Wildman–Crippen MR) is 222 cm³/mol. The fraction of sp³-hybridized carbons (Fsp3) is 0.625. The van der Waals surface area contributed by atoms with Gasteiger partial charge in [0.15, 0.2) is 0 Å². The van der Waals surface area contributed by atoms with E-state index in [0.29, 0.717) is 30.9 Å². The van der Waals surface area contributed by atoms with E-state index in [0.717, 1.165) is 48.4 Å². The number of nitrogens with zero attached hydrogens (tertiary/aromatic N) is 3. The van der Waals surface area contributed by atoms with E-state index < -0.39 is 40.7 Å². The van der Waals surface area contributed by atoms with E-state index in [2.05, 4.69) is 51.0 Å². The molecular weight excluding hydrogens is 763 g/mol. The first-order valence-corrected chi connectivity index (χ1v) is 21.9. The second-order valence-corrected chi connectivity index (χ2v) is 20.3. The third kappa shape index (κ3) is 6.49. The van der Waals surface area contributed by atoms with Gasteiger partial charge in [0.25, 0.3) is 0 Å². The van der Waals surface area contributed by atoms with Gasteiger partial charge in [-0.2, -0.15) is 0 Å². The van der Waals surface area contributed by atoms with Crippen LogP contribution >= 0.6 is 0 Å². The summed E-state index contributed by atoms with van der Waals surface area (Å²) in [6, 6.07) is 13.7. The Hall–Kier alpha value is -4.58. The molecule has 5 aliphatic carbocycles. The van der Waals surface area contributed by atoms with Crippen molar-refractivity contribution in [3.63, 3.8) is 0 Å². The minimum atomic E-state index is -1.70. The number of fused-ring (bicyclic) bond motifs is 8. The molecule has 0 bridgehead atoms. The minimum Gasteiger partial charge on any atom is -0.459 e. The summed E-state index contributed by atoms with van der Waals surface area (Å²) < 4.78 is 17.9. The van der Waals surface area contributed by atoms with Gasteiger partial charge in [0.05, 0.1) is 18.0 Å². The zero-order valence-corrected chi connectivity index (χ0v) is 36.2. The molecule has 0 radical (unpaired) electrons. The number of carbonyl (C=O) groups is 4. The molecule has 2 N–H and O–H groups in total. The number of aliphatic hydroxyl groups is 1. The molecule has 2 unspecified atom stereocenters. The van der Waals surface area contributed by atoms with Crippen LogP contribution in [-0.2, 0) is 48.2 Å². The highest BCUT2D eigenvalue weighted by molar-refractivity contribution is 5.89. The second-order valence-electron chi connectivity index (χ2n) is 20.3. The fourth-order valence-electron chi connectivity index (χ4n) is 13.8. The van der Waals surface area contributed by atoms with E-state index in [1.54, 1.807) is 6.20 Å². The smallest absolute Gasteiger partial charge is 0.459 e. The number of esters is 3. The largest absolute Gasteiger partial charge is 0.513 e. The Kier molecular flexibility index (Phi) is 10.4. The van der Waals surface area contributed by atoms with Crippen LogP contribution in [0.4, 0.5) is 4.79 Å². The van der Waals surface area contributed by atoms with E-state index in [9.17, 15) is 29.4 Å². The van der Waals surface area contributed by atoms with Crippen LogP contribution in [0.3, 0.4) is 0 Å². The lowest BCUT2D eigenvalue weighted by molar-refractivity contribution is -0.318. The van der Waals surface area contributed by atoms with Crippen molar-refractivity contribution in [2.24, 2.45) is 56.7 Å². The third-order valence-electron chi connectivity index (χ3n) is 17.5. The number of hydrogen-bond donors (Lipinski definition) is 2. The van der Waals surface area contributed by atoms with Crippen molar-refractivity contribution in [3.05, 3.63) is 71.6 Å². The van der Waals surface area contributed by atoms with Gasteiger partial charge >= 0.3 is 24.1 Å². The summed E-state index contributed by atoms with van der Waals surface area (Å²) in [5, 5.41) is 32.0. The maximum atomic E-state index is 13.7.